The van der Waals surface area contributed by atoms with E-state index >= 15 is 0 Å². The minimum absolute atomic E-state index is 0.389. The van der Waals surface area contributed by atoms with Gasteiger partial charge in [-0.25, -0.2) is 0 Å². The van der Waals surface area contributed by atoms with Gasteiger partial charge in [-0.1, -0.05) is 46.5 Å². The molecule has 1 aliphatic rings. The molecule has 0 spiro atoms. The zero-order chi connectivity index (χ0) is 12.9. The molecule has 0 aromatic rings. The van der Waals surface area contributed by atoms with E-state index < -0.39 is 0 Å². The predicted octanol–water partition coefficient (Wildman–Crippen LogP) is 4.76. The van der Waals surface area contributed by atoms with Crippen molar-refractivity contribution in [3.05, 3.63) is 0 Å². The monoisotopic (exact) mass is 239 g/mol. The third-order valence-corrected chi connectivity index (χ3v) is 4.89. The molecule has 2 atom stereocenters. The lowest BCUT2D eigenvalue weighted by Crippen LogP contribution is -2.40. The van der Waals surface area contributed by atoms with Gasteiger partial charge in [-0.3, -0.25) is 0 Å². The van der Waals surface area contributed by atoms with E-state index in [1.807, 2.05) is 0 Å². The van der Waals surface area contributed by atoms with Crippen molar-refractivity contribution in [2.75, 3.05) is 7.05 Å². The first-order chi connectivity index (χ1) is 7.87. The molecule has 0 aromatic heterocycles. The second kappa shape index (κ2) is 6.22. The number of hydrogen-bond donors (Lipinski definition) is 1. The second-order valence-corrected chi connectivity index (χ2v) is 7.37. The van der Waals surface area contributed by atoms with Crippen molar-refractivity contribution in [3.63, 3.8) is 0 Å². The summed E-state index contributed by atoms with van der Waals surface area (Å²) in [6.45, 7) is 9.66. The summed E-state index contributed by atoms with van der Waals surface area (Å²) in [5, 5.41) is 3.55. The van der Waals surface area contributed by atoms with Gasteiger partial charge in [0.2, 0.25) is 0 Å². The van der Waals surface area contributed by atoms with Gasteiger partial charge in [0, 0.05) is 5.54 Å². The molecular formula is C16H33N. The maximum absolute atomic E-state index is 3.55. The summed E-state index contributed by atoms with van der Waals surface area (Å²) in [6, 6.07) is 0. The Kier molecular flexibility index (Phi) is 5.50. The zero-order valence-electron chi connectivity index (χ0n) is 12.7. The third-order valence-electron chi connectivity index (χ3n) is 4.89. The van der Waals surface area contributed by atoms with Crippen molar-refractivity contribution in [2.45, 2.75) is 84.6 Å². The quantitative estimate of drug-likeness (QED) is 0.695. The molecule has 1 fully saturated rings. The Balaban J connectivity index is 2.56. The molecule has 1 saturated carbocycles. The molecular weight excluding hydrogens is 206 g/mol. The van der Waals surface area contributed by atoms with Gasteiger partial charge in [0.15, 0.2) is 0 Å². The van der Waals surface area contributed by atoms with Gasteiger partial charge in [0.05, 0.1) is 0 Å². The van der Waals surface area contributed by atoms with Crippen molar-refractivity contribution in [1.29, 1.82) is 0 Å². The molecule has 0 heterocycles. The topological polar surface area (TPSA) is 12.0 Å². The number of hydrogen-bond acceptors (Lipinski definition) is 1. The van der Waals surface area contributed by atoms with Crippen LogP contribution in [0.2, 0.25) is 0 Å². The summed E-state index contributed by atoms with van der Waals surface area (Å²) in [5.41, 5.74) is 0.884. The Hall–Kier alpha value is -0.0400. The standard InChI is InChI=1S/C16H33N/c1-15(2,3)14-10-7-6-8-12-16(4,17-5)13-9-11-14/h14,17H,6-13H2,1-5H3. The molecule has 0 bridgehead atoms. The van der Waals surface area contributed by atoms with Crippen molar-refractivity contribution in [1.82, 2.24) is 5.32 Å². The Labute approximate surface area is 109 Å². The van der Waals surface area contributed by atoms with E-state index in [0.717, 1.165) is 5.92 Å². The van der Waals surface area contributed by atoms with Crippen LogP contribution in [0, 0.1) is 11.3 Å². The van der Waals surface area contributed by atoms with E-state index in [0.29, 0.717) is 11.0 Å². The summed E-state index contributed by atoms with van der Waals surface area (Å²) in [6.07, 6.45) is 11.2. The van der Waals surface area contributed by atoms with Crippen LogP contribution in [0.25, 0.3) is 0 Å². The van der Waals surface area contributed by atoms with Crippen LogP contribution in [0.3, 0.4) is 0 Å². The van der Waals surface area contributed by atoms with E-state index in [-0.39, 0.29) is 0 Å². The highest BCUT2D eigenvalue weighted by Crippen LogP contribution is 2.36. The molecule has 0 amide bonds. The predicted molar refractivity (Wildman–Crippen MR) is 77.3 cm³/mol. The van der Waals surface area contributed by atoms with Crippen molar-refractivity contribution >= 4 is 0 Å². The molecule has 1 aliphatic carbocycles. The summed E-state index contributed by atoms with van der Waals surface area (Å²) < 4.78 is 0. The maximum atomic E-state index is 3.55. The highest BCUT2D eigenvalue weighted by molar-refractivity contribution is 4.84. The summed E-state index contributed by atoms with van der Waals surface area (Å²) in [7, 11) is 2.13. The van der Waals surface area contributed by atoms with E-state index in [1.165, 1.54) is 51.4 Å². The zero-order valence-corrected chi connectivity index (χ0v) is 12.7. The fourth-order valence-electron chi connectivity index (χ4n) is 3.21. The summed E-state index contributed by atoms with van der Waals surface area (Å²) in [5.74, 6) is 0.918. The molecule has 1 heteroatoms. The van der Waals surface area contributed by atoms with Gasteiger partial charge in [0.1, 0.15) is 0 Å². The lowest BCUT2D eigenvalue weighted by atomic mass is 9.73. The average molecular weight is 239 g/mol. The Morgan fingerprint density at radius 2 is 1.53 bits per heavy atom. The van der Waals surface area contributed by atoms with E-state index in [1.54, 1.807) is 0 Å². The SMILES string of the molecule is CNC1(C)CCCCCC(C(C)(C)C)CCC1. The lowest BCUT2D eigenvalue weighted by Gasteiger charge is -2.35. The summed E-state index contributed by atoms with van der Waals surface area (Å²) >= 11 is 0. The van der Waals surface area contributed by atoms with Crippen LogP contribution in [-0.2, 0) is 0 Å². The Bertz CT molecular complexity index is 216. The smallest absolute Gasteiger partial charge is 0.0150 e. The van der Waals surface area contributed by atoms with Crippen LogP contribution < -0.4 is 5.32 Å². The molecule has 2 unspecified atom stereocenters. The van der Waals surface area contributed by atoms with Crippen LogP contribution in [0.5, 0.6) is 0 Å². The fraction of sp³-hybridized carbons (Fsp3) is 1.00. The normalized spacial score (nSPS) is 33.4. The Morgan fingerprint density at radius 3 is 2.12 bits per heavy atom. The molecule has 0 saturated heterocycles. The molecule has 102 valence electrons. The van der Waals surface area contributed by atoms with Gasteiger partial charge < -0.3 is 5.32 Å². The van der Waals surface area contributed by atoms with E-state index in [2.05, 4.69) is 40.1 Å². The molecule has 1 nitrogen and oxygen atoms in total. The van der Waals surface area contributed by atoms with Crippen molar-refractivity contribution in [2.24, 2.45) is 11.3 Å². The van der Waals surface area contributed by atoms with Crippen LogP contribution in [0.4, 0.5) is 0 Å². The molecule has 0 aromatic carbocycles. The molecule has 0 aliphatic heterocycles. The van der Waals surface area contributed by atoms with Gasteiger partial charge in [0.25, 0.3) is 0 Å². The van der Waals surface area contributed by atoms with Gasteiger partial charge in [-0.2, -0.15) is 0 Å². The molecule has 1 N–H and O–H groups in total. The Morgan fingerprint density at radius 1 is 0.941 bits per heavy atom. The largest absolute Gasteiger partial charge is 0.315 e. The maximum Gasteiger partial charge on any atom is 0.0150 e. The van der Waals surface area contributed by atoms with Gasteiger partial charge in [-0.15, -0.1) is 0 Å². The van der Waals surface area contributed by atoms with Gasteiger partial charge in [-0.05, 0) is 51.0 Å². The highest BCUT2D eigenvalue weighted by atomic mass is 14.9. The minimum Gasteiger partial charge on any atom is -0.315 e. The number of nitrogens with one attached hydrogen (secondary N) is 1. The van der Waals surface area contributed by atoms with E-state index in [9.17, 15) is 0 Å². The summed E-state index contributed by atoms with van der Waals surface area (Å²) in [4.78, 5) is 0. The molecule has 0 radical (unpaired) electrons. The van der Waals surface area contributed by atoms with Crippen molar-refractivity contribution < 1.29 is 0 Å². The minimum atomic E-state index is 0.389. The second-order valence-electron chi connectivity index (χ2n) is 7.37. The first-order valence-electron chi connectivity index (χ1n) is 7.56. The number of rotatable bonds is 1. The lowest BCUT2D eigenvalue weighted by molar-refractivity contribution is 0.184. The fourth-order valence-corrected chi connectivity index (χ4v) is 3.21. The van der Waals surface area contributed by atoms with E-state index in [4.69, 9.17) is 0 Å². The van der Waals surface area contributed by atoms with Crippen LogP contribution in [0.1, 0.15) is 79.1 Å². The highest BCUT2D eigenvalue weighted by Gasteiger charge is 2.27. The third kappa shape index (κ3) is 4.99. The molecule has 1 rings (SSSR count). The first-order valence-corrected chi connectivity index (χ1v) is 7.56. The van der Waals surface area contributed by atoms with Gasteiger partial charge >= 0.3 is 0 Å². The van der Waals surface area contributed by atoms with Crippen molar-refractivity contribution in [3.8, 4) is 0 Å². The molecule has 17 heavy (non-hydrogen) atoms. The average Bonchev–Trinajstić information content (AvgIpc) is 2.25. The van der Waals surface area contributed by atoms with Crippen LogP contribution >= 0.6 is 0 Å². The first kappa shape index (κ1) is 15.0. The van der Waals surface area contributed by atoms with Crippen LogP contribution in [-0.4, -0.2) is 12.6 Å². The van der Waals surface area contributed by atoms with Crippen LogP contribution in [0.15, 0.2) is 0 Å².